The molecule has 4 nitrogen and oxygen atoms in total. The van der Waals surface area contributed by atoms with E-state index in [2.05, 4.69) is 15.5 Å². The largest absolute Gasteiger partial charge is 0.345 e. The van der Waals surface area contributed by atoms with Gasteiger partial charge in [0, 0.05) is 11.6 Å². The predicted octanol–water partition coefficient (Wildman–Crippen LogP) is 1.61. The fourth-order valence-corrected chi connectivity index (χ4v) is 2.12. The average Bonchev–Trinajstić information content (AvgIpc) is 2.58. The minimum atomic E-state index is -0.178. The van der Waals surface area contributed by atoms with Crippen LogP contribution in [0.25, 0.3) is 0 Å². The zero-order valence-electron chi connectivity index (χ0n) is 8.64. The minimum Gasteiger partial charge on any atom is -0.345 e. The quantitative estimate of drug-likeness (QED) is 0.771. The highest BCUT2D eigenvalue weighted by molar-refractivity contribution is 6.19. The van der Waals surface area contributed by atoms with Gasteiger partial charge in [0.25, 0.3) is 5.91 Å². The summed E-state index contributed by atoms with van der Waals surface area (Å²) in [6.07, 6.45) is 4.63. The molecular formula is C10H14ClN3O. The van der Waals surface area contributed by atoms with Gasteiger partial charge in [-0.15, -0.1) is 11.6 Å². The van der Waals surface area contributed by atoms with Crippen molar-refractivity contribution in [2.24, 2.45) is 0 Å². The molecule has 1 aliphatic rings. The molecule has 1 amide bonds. The van der Waals surface area contributed by atoms with Crippen molar-refractivity contribution in [2.75, 3.05) is 5.88 Å². The first kappa shape index (κ1) is 10.5. The third kappa shape index (κ3) is 1.86. The topological polar surface area (TPSA) is 57.8 Å². The van der Waals surface area contributed by atoms with Crippen LogP contribution in [0.3, 0.4) is 0 Å². The Morgan fingerprint density at radius 2 is 2.47 bits per heavy atom. The minimum absolute atomic E-state index is 0.0819. The van der Waals surface area contributed by atoms with Crippen molar-refractivity contribution >= 4 is 17.5 Å². The van der Waals surface area contributed by atoms with Gasteiger partial charge in [0.15, 0.2) is 0 Å². The number of carbonyl (C=O) groups is 1. The van der Waals surface area contributed by atoms with Crippen LogP contribution in [0.1, 0.15) is 35.3 Å². The number of carbonyl (C=O) groups excluding carboxylic acids is 1. The highest BCUT2D eigenvalue weighted by atomic mass is 35.5. The molecule has 1 heterocycles. The van der Waals surface area contributed by atoms with Gasteiger partial charge in [-0.3, -0.25) is 9.89 Å². The summed E-state index contributed by atoms with van der Waals surface area (Å²) >= 11 is 5.87. The third-order valence-corrected chi connectivity index (χ3v) is 3.53. The van der Waals surface area contributed by atoms with Gasteiger partial charge in [0.2, 0.25) is 0 Å². The van der Waals surface area contributed by atoms with E-state index < -0.39 is 0 Å². The summed E-state index contributed by atoms with van der Waals surface area (Å²) in [4.78, 5) is 11.9. The number of alkyl halides is 1. The Morgan fingerprint density at radius 1 is 1.73 bits per heavy atom. The highest BCUT2D eigenvalue weighted by Gasteiger charge is 2.37. The Bertz CT molecular complexity index is 365. The van der Waals surface area contributed by atoms with Crippen LogP contribution in [0, 0.1) is 6.92 Å². The number of aromatic amines is 1. The van der Waals surface area contributed by atoms with Crippen LogP contribution in [0.4, 0.5) is 0 Å². The van der Waals surface area contributed by atoms with Crippen LogP contribution < -0.4 is 5.32 Å². The molecule has 1 aliphatic carbocycles. The Labute approximate surface area is 93.4 Å². The monoisotopic (exact) mass is 227 g/mol. The van der Waals surface area contributed by atoms with E-state index in [9.17, 15) is 4.79 Å². The van der Waals surface area contributed by atoms with Crippen LogP contribution in [-0.4, -0.2) is 27.5 Å². The number of hydrogen-bond acceptors (Lipinski definition) is 2. The fraction of sp³-hybridized carbons (Fsp3) is 0.600. The molecule has 5 heteroatoms. The van der Waals surface area contributed by atoms with Crippen LogP contribution >= 0.6 is 11.6 Å². The number of aryl methyl sites for hydroxylation is 1. The van der Waals surface area contributed by atoms with Gasteiger partial charge in [0.1, 0.15) is 0 Å². The molecule has 1 saturated carbocycles. The van der Waals surface area contributed by atoms with Gasteiger partial charge < -0.3 is 5.32 Å². The second kappa shape index (κ2) is 3.85. The summed E-state index contributed by atoms with van der Waals surface area (Å²) in [5.41, 5.74) is 1.21. The SMILES string of the molecule is Cc1[nH]ncc1C(=O)NC1(CCl)CCC1. The van der Waals surface area contributed by atoms with Crippen LogP contribution in [0.15, 0.2) is 6.20 Å². The van der Waals surface area contributed by atoms with E-state index in [1.807, 2.05) is 6.92 Å². The first-order chi connectivity index (χ1) is 7.17. The predicted molar refractivity (Wildman–Crippen MR) is 58.1 cm³/mol. The molecule has 1 fully saturated rings. The van der Waals surface area contributed by atoms with Gasteiger partial charge in [-0.25, -0.2) is 0 Å². The summed E-state index contributed by atoms with van der Waals surface area (Å²) in [6.45, 7) is 1.83. The molecule has 0 aromatic carbocycles. The molecule has 0 saturated heterocycles. The molecule has 2 N–H and O–H groups in total. The van der Waals surface area contributed by atoms with E-state index in [1.165, 1.54) is 0 Å². The fourth-order valence-electron chi connectivity index (χ4n) is 1.78. The Hall–Kier alpha value is -1.03. The first-order valence-electron chi connectivity index (χ1n) is 5.05. The average molecular weight is 228 g/mol. The van der Waals surface area contributed by atoms with Gasteiger partial charge in [-0.1, -0.05) is 0 Å². The lowest BCUT2D eigenvalue weighted by Crippen LogP contribution is -2.55. The van der Waals surface area contributed by atoms with Crippen molar-refractivity contribution in [1.82, 2.24) is 15.5 Å². The maximum Gasteiger partial charge on any atom is 0.255 e. The summed E-state index contributed by atoms with van der Waals surface area (Å²) in [6, 6.07) is 0. The molecule has 82 valence electrons. The maximum absolute atomic E-state index is 11.9. The molecular weight excluding hydrogens is 214 g/mol. The van der Waals surface area contributed by atoms with E-state index in [0.717, 1.165) is 25.0 Å². The third-order valence-electron chi connectivity index (χ3n) is 3.02. The maximum atomic E-state index is 11.9. The Balaban J connectivity index is 2.07. The first-order valence-corrected chi connectivity index (χ1v) is 5.59. The molecule has 0 atom stereocenters. The van der Waals surface area contributed by atoms with Gasteiger partial charge in [-0.05, 0) is 26.2 Å². The van der Waals surface area contributed by atoms with Gasteiger partial charge in [0.05, 0.1) is 17.3 Å². The van der Waals surface area contributed by atoms with Crippen LogP contribution in [0.5, 0.6) is 0 Å². The number of halogens is 1. The normalized spacial score (nSPS) is 18.3. The molecule has 0 spiro atoms. The van der Waals surface area contributed by atoms with Crippen LogP contribution in [-0.2, 0) is 0 Å². The van der Waals surface area contributed by atoms with Crippen molar-refractivity contribution in [3.8, 4) is 0 Å². The molecule has 0 unspecified atom stereocenters. The molecule has 0 aliphatic heterocycles. The second-order valence-corrected chi connectivity index (χ2v) is 4.40. The number of amides is 1. The molecule has 1 aromatic rings. The van der Waals surface area contributed by atoms with Gasteiger partial charge >= 0.3 is 0 Å². The van der Waals surface area contributed by atoms with Gasteiger partial charge in [-0.2, -0.15) is 5.10 Å². The molecule has 0 bridgehead atoms. The van der Waals surface area contributed by atoms with Crippen molar-refractivity contribution in [3.05, 3.63) is 17.5 Å². The van der Waals surface area contributed by atoms with E-state index in [0.29, 0.717) is 11.4 Å². The molecule has 0 radical (unpaired) electrons. The number of nitrogens with zero attached hydrogens (tertiary/aromatic N) is 1. The molecule has 2 rings (SSSR count). The number of H-pyrrole nitrogens is 1. The van der Waals surface area contributed by atoms with E-state index in [1.54, 1.807) is 6.20 Å². The molecule has 15 heavy (non-hydrogen) atoms. The molecule has 1 aromatic heterocycles. The standard InChI is InChI=1S/C10H14ClN3O/c1-7-8(5-12-14-7)9(15)13-10(6-11)3-2-4-10/h5H,2-4,6H2,1H3,(H,12,14)(H,13,15). The number of hydrogen-bond donors (Lipinski definition) is 2. The highest BCUT2D eigenvalue weighted by Crippen LogP contribution is 2.33. The Kier molecular flexibility index (Phi) is 2.69. The van der Waals surface area contributed by atoms with Crippen molar-refractivity contribution in [3.63, 3.8) is 0 Å². The number of rotatable bonds is 3. The summed E-state index contributed by atoms with van der Waals surface area (Å²) < 4.78 is 0. The smallest absolute Gasteiger partial charge is 0.255 e. The van der Waals surface area contributed by atoms with E-state index in [-0.39, 0.29) is 11.4 Å². The lowest BCUT2D eigenvalue weighted by molar-refractivity contribution is 0.0853. The van der Waals surface area contributed by atoms with Crippen molar-refractivity contribution < 1.29 is 4.79 Å². The van der Waals surface area contributed by atoms with Crippen molar-refractivity contribution in [1.29, 1.82) is 0 Å². The number of nitrogens with one attached hydrogen (secondary N) is 2. The zero-order valence-corrected chi connectivity index (χ0v) is 9.40. The van der Waals surface area contributed by atoms with Crippen LogP contribution in [0.2, 0.25) is 0 Å². The Morgan fingerprint density at radius 3 is 2.87 bits per heavy atom. The summed E-state index contributed by atoms with van der Waals surface area (Å²) in [7, 11) is 0. The number of aromatic nitrogens is 2. The van der Waals surface area contributed by atoms with E-state index in [4.69, 9.17) is 11.6 Å². The summed E-state index contributed by atoms with van der Waals surface area (Å²) in [5, 5.41) is 9.56. The van der Waals surface area contributed by atoms with Crippen molar-refractivity contribution in [2.45, 2.75) is 31.7 Å². The van der Waals surface area contributed by atoms with E-state index >= 15 is 0 Å². The lowest BCUT2D eigenvalue weighted by atomic mass is 9.78. The lowest BCUT2D eigenvalue weighted by Gasteiger charge is -2.40. The zero-order chi connectivity index (χ0) is 10.9. The second-order valence-electron chi connectivity index (χ2n) is 4.13. The summed E-state index contributed by atoms with van der Waals surface area (Å²) in [5.74, 6) is 0.400.